The lowest BCUT2D eigenvalue weighted by Gasteiger charge is -2.15. The Kier molecular flexibility index (Phi) is 10.9. The first kappa shape index (κ1) is 35.5. The highest BCUT2D eigenvalue weighted by molar-refractivity contribution is 7.19. The number of hydrogen-bond donors (Lipinski definition) is 2. The molecular weight excluding hydrogens is 688 g/mol. The number of alkyl halides is 3. The number of nitrogens with one attached hydrogen (secondary N) is 1. The van der Waals surface area contributed by atoms with E-state index in [2.05, 4.69) is 27.2 Å². The van der Waals surface area contributed by atoms with Gasteiger partial charge in [0.15, 0.2) is 5.65 Å². The Morgan fingerprint density at radius 3 is 2.73 bits per heavy atom. The first-order valence-corrected chi connectivity index (χ1v) is 16.7. The molecule has 264 valence electrons. The first-order chi connectivity index (χ1) is 24.6. The van der Waals surface area contributed by atoms with E-state index in [9.17, 15) is 22.4 Å². The summed E-state index contributed by atoms with van der Waals surface area (Å²) in [4.78, 5) is 22.4. The molecule has 0 saturated carbocycles. The lowest BCUT2D eigenvalue weighted by Crippen LogP contribution is -2.23. The van der Waals surface area contributed by atoms with Crippen molar-refractivity contribution in [2.24, 2.45) is 7.05 Å². The van der Waals surface area contributed by atoms with E-state index in [-0.39, 0.29) is 44.0 Å². The van der Waals surface area contributed by atoms with E-state index >= 15 is 0 Å². The lowest BCUT2D eigenvalue weighted by atomic mass is 10.1. The van der Waals surface area contributed by atoms with Crippen LogP contribution >= 0.6 is 11.3 Å². The molecular formula is C36H32F4N6O4S. The normalized spacial score (nSPS) is 11.6. The zero-order chi connectivity index (χ0) is 36.0. The molecule has 0 atom stereocenters. The number of hydrogen-bond acceptors (Lipinski definition) is 9. The zero-order valence-corrected chi connectivity index (χ0v) is 28.2. The Labute approximate surface area is 293 Å². The number of benzene rings is 2. The minimum atomic E-state index is -4.82. The molecule has 51 heavy (non-hydrogen) atoms. The second-order valence-electron chi connectivity index (χ2n) is 11.4. The molecule has 4 aromatic heterocycles. The maximum absolute atomic E-state index is 13.7. The third-order valence-corrected chi connectivity index (χ3v) is 8.92. The fourth-order valence-corrected chi connectivity index (χ4v) is 6.51. The van der Waals surface area contributed by atoms with E-state index in [0.29, 0.717) is 42.0 Å². The van der Waals surface area contributed by atoms with Gasteiger partial charge in [-0.2, -0.15) is 18.3 Å². The Morgan fingerprint density at radius 2 is 1.94 bits per heavy atom. The summed E-state index contributed by atoms with van der Waals surface area (Å²) in [6.07, 6.45) is -0.437. The van der Waals surface area contributed by atoms with E-state index in [1.165, 1.54) is 22.1 Å². The molecule has 4 heterocycles. The monoisotopic (exact) mass is 720 g/mol. The quantitative estimate of drug-likeness (QED) is 0.0898. The molecule has 0 aliphatic heterocycles. The van der Waals surface area contributed by atoms with Gasteiger partial charge in [0.05, 0.1) is 29.7 Å². The molecule has 0 aliphatic carbocycles. The third kappa shape index (κ3) is 8.37. The Balaban J connectivity index is 1.06. The Morgan fingerprint density at radius 1 is 1.08 bits per heavy atom. The fourth-order valence-electron chi connectivity index (χ4n) is 5.38. The predicted molar refractivity (Wildman–Crippen MR) is 184 cm³/mol. The first-order valence-electron chi connectivity index (χ1n) is 15.9. The summed E-state index contributed by atoms with van der Waals surface area (Å²) >= 11 is 1.52. The number of aliphatic hydroxyl groups is 1. The van der Waals surface area contributed by atoms with E-state index in [4.69, 9.17) is 19.6 Å². The molecule has 0 radical (unpaired) electrons. The molecule has 2 N–H and O–H groups in total. The van der Waals surface area contributed by atoms with Crippen LogP contribution in [0.1, 0.15) is 33.8 Å². The number of rotatable bonds is 13. The van der Waals surface area contributed by atoms with Gasteiger partial charge < -0.3 is 24.5 Å². The zero-order valence-electron chi connectivity index (χ0n) is 27.3. The summed E-state index contributed by atoms with van der Waals surface area (Å²) in [5, 5.41) is 18.2. The molecule has 0 unspecified atom stereocenters. The Bertz CT molecular complexity index is 2280. The van der Waals surface area contributed by atoms with Crippen LogP contribution in [0.25, 0.3) is 21.3 Å². The number of nitrogens with zero attached hydrogens (tertiary/aromatic N) is 5. The largest absolute Gasteiger partial charge is 0.493 e. The summed E-state index contributed by atoms with van der Waals surface area (Å²) in [5.74, 6) is 5.52. The molecule has 10 nitrogen and oxygen atoms in total. The average Bonchev–Trinajstić information content (AvgIpc) is 3.64. The van der Waals surface area contributed by atoms with E-state index in [0.717, 1.165) is 38.6 Å². The second kappa shape index (κ2) is 15.7. The predicted octanol–water partition coefficient (Wildman–Crippen LogP) is 5.62. The van der Waals surface area contributed by atoms with Gasteiger partial charge in [-0.15, -0.1) is 11.3 Å². The van der Waals surface area contributed by atoms with Gasteiger partial charge in [-0.1, -0.05) is 24.0 Å². The van der Waals surface area contributed by atoms with E-state index in [1.807, 2.05) is 25.2 Å². The van der Waals surface area contributed by atoms with Gasteiger partial charge in [-0.05, 0) is 48.0 Å². The minimum Gasteiger partial charge on any atom is -0.493 e. The van der Waals surface area contributed by atoms with Gasteiger partial charge in [-0.25, -0.2) is 14.1 Å². The van der Waals surface area contributed by atoms with Gasteiger partial charge in [0, 0.05) is 55.8 Å². The summed E-state index contributed by atoms with van der Waals surface area (Å²) in [6.45, 7) is 0.628. The summed E-state index contributed by atoms with van der Waals surface area (Å²) in [6, 6.07) is 13.5. The molecule has 0 fully saturated rings. The molecule has 0 saturated heterocycles. The van der Waals surface area contributed by atoms with Crippen LogP contribution in [-0.2, 0) is 39.3 Å². The highest BCUT2D eigenvalue weighted by Gasteiger charge is 2.34. The van der Waals surface area contributed by atoms with Crippen LogP contribution in [-0.4, -0.2) is 49.2 Å². The summed E-state index contributed by atoms with van der Waals surface area (Å²) in [7, 11) is 1.81. The van der Waals surface area contributed by atoms with Crippen molar-refractivity contribution in [3.05, 3.63) is 111 Å². The number of fused-ring (bicyclic) bond motifs is 3. The minimum absolute atomic E-state index is 0.0919. The van der Waals surface area contributed by atoms with Crippen molar-refractivity contribution in [3.8, 4) is 23.3 Å². The maximum Gasteiger partial charge on any atom is 0.419 e. The molecule has 6 rings (SSSR count). The topological polar surface area (TPSA) is 116 Å². The van der Waals surface area contributed by atoms with Gasteiger partial charge in [0.1, 0.15) is 41.0 Å². The van der Waals surface area contributed by atoms with Crippen LogP contribution in [0.3, 0.4) is 0 Å². The SMILES string of the molecule is Cn1c2nc(Cc3ccccn3)sc2c2cnn(CC#CCCOc3ccc(OCc4ccc(F)c(C(F)(F)F)c4)c(CNCCO)c3)c(=O)c21. The van der Waals surface area contributed by atoms with Gasteiger partial charge in [0.2, 0.25) is 0 Å². The fraction of sp³-hybridized carbons (Fsp3) is 0.278. The van der Waals surface area contributed by atoms with Crippen LogP contribution in [0.5, 0.6) is 11.5 Å². The van der Waals surface area contributed by atoms with Crippen molar-refractivity contribution in [2.45, 2.75) is 38.7 Å². The van der Waals surface area contributed by atoms with Crippen LogP contribution < -0.4 is 20.3 Å². The highest BCUT2D eigenvalue weighted by Crippen LogP contribution is 2.33. The highest BCUT2D eigenvalue weighted by atomic mass is 32.1. The Hall–Kier alpha value is -5.30. The number of aromatic nitrogens is 5. The van der Waals surface area contributed by atoms with Crippen LogP contribution in [0.15, 0.2) is 71.8 Å². The number of pyridine rings is 1. The number of aliphatic hydroxyl groups excluding tert-OH is 1. The molecule has 0 spiro atoms. The molecule has 0 aliphatic rings. The number of thiazole rings is 1. The molecule has 6 aromatic rings. The van der Waals surface area contributed by atoms with Gasteiger partial charge >= 0.3 is 6.18 Å². The third-order valence-electron chi connectivity index (χ3n) is 7.84. The smallest absolute Gasteiger partial charge is 0.419 e. The molecule has 0 amide bonds. The number of ether oxygens (including phenoxy) is 2. The van der Waals surface area contributed by atoms with Crippen LogP contribution in [0.4, 0.5) is 17.6 Å². The van der Waals surface area contributed by atoms with Gasteiger partial charge in [-0.3, -0.25) is 9.78 Å². The van der Waals surface area contributed by atoms with Crippen molar-refractivity contribution in [2.75, 3.05) is 19.8 Å². The van der Waals surface area contributed by atoms with Crippen molar-refractivity contribution in [3.63, 3.8) is 0 Å². The lowest BCUT2D eigenvalue weighted by molar-refractivity contribution is -0.140. The molecule has 15 heteroatoms. The van der Waals surface area contributed by atoms with Crippen molar-refractivity contribution >= 4 is 32.6 Å². The van der Waals surface area contributed by atoms with Crippen molar-refractivity contribution < 1.29 is 32.1 Å². The standard InChI is InChI=1S/C36H32F4N6O4S/c1-45-32-27(33-34(45)44-31(51-33)19-25-7-3-4-12-42-25)21-43-46(35(32)48)14-5-2-6-16-49-26-9-11-30(24(18-26)20-41-13-15-47)50-22-23-8-10-29(37)28(17-23)36(38,39)40/h3-4,7-12,17-18,21,41,47H,6,13-16,19-20,22H2,1H3. The van der Waals surface area contributed by atoms with Crippen molar-refractivity contribution in [1.29, 1.82) is 0 Å². The van der Waals surface area contributed by atoms with Crippen LogP contribution in [0.2, 0.25) is 0 Å². The van der Waals surface area contributed by atoms with E-state index < -0.39 is 17.6 Å². The van der Waals surface area contributed by atoms with Crippen LogP contribution in [0, 0.1) is 17.7 Å². The van der Waals surface area contributed by atoms with E-state index in [1.54, 1.807) is 35.2 Å². The summed E-state index contributed by atoms with van der Waals surface area (Å²) < 4.78 is 68.7. The summed E-state index contributed by atoms with van der Waals surface area (Å²) in [5.41, 5.74) is 1.33. The molecule has 0 bridgehead atoms. The number of aryl methyl sites for hydroxylation is 1. The number of halogens is 4. The second-order valence-corrected chi connectivity index (χ2v) is 12.5. The average molecular weight is 721 g/mol. The van der Waals surface area contributed by atoms with Gasteiger partial charge in [0.25, 0.3) is 5.56 Å². The maximum atomic E-state index is 13.7. The van der Waals surface area contributed by atoms with Crippen molar-refractivity contribution in [1.82, 2.24) is 29.6 Å². The molecule has 2 aromatic carbocycles.